The van der Waals surface area contributed by atoms with Gasteiger partial charge in [0.1, 0.15) is 17.9 Å². The quantitative estimate of drug-likeness (QED) is 0.749. The molecular formula is C19H20N4O. The molecule has 3 rings (SSSR count). The Morgan fingerprint density at radius 3 is 2.67 bits per heavy atom. The van der Waals surface area contributed by atoms with Crippen molar-refractivity contribution in [3.63, 3.8) is 0 Å². The minimum absolute atomic E-state index is 0.158. The summed E-state index contributed by atoms with van der Waals surface area (Å²) in [7, 11) is 0. The van der Waals surface area contributed by atoms with E-state index < -0.39 is 0 Å². The predicted molar refractivity (Wildman–Crippen MR) is 95.0 cm³/mol. The van der Waals surface area contributed by atoms with Crippen molar-refractivity contribution in [2.75, 3.05) is 11.9 Å². The fourth-order valence-corrected chi connectivity index (χ4v) is 2.50. The largest absolute Gasteiger partial charge is 0.508 e. The normalized spacial score (nSPS) is 11.9. The molecule has 0 aliphatic carbocycles. The van der Waals surface area contributed by atoms with Crippen molar-refractivity contribution in [1.82, 2.24) is 15.0 Å². The molecule has 5 heteroatoms. The third kappa shape index (κ3) is 3.68. The second kappa shape index (κ2) is 7.08. The number of para-hydroxylation sites is 1. The molecule has 0 aliphatic heterocycles. The topological polar surface area (TPSA) is 70.9 Å². The Labute approximate surface area is 141 Å². The first-order chi connectivity index (χ1) is 11.6. The third-order valence-electron chi connectivity index (χ3n) is 3.93. The molecule has 0 aliphatic rings. The van der Waals surface area contributed by atoms with Crippen LogP contribution in [0.25, 0.3) is 11.3 Å². The van der Waals surface area contributed by atoms with E-state index in [1.165, 1.54) is 0 Å². The molecule has 1 atom stereocenters. The zero-order valence-electron chi connectivity index (χ0n) is 13.8. The van der Waals surface area contributed by atoms with E-state index >= 15 is 0 Å². The van der Waals surface area contributed by atoms with Crippen LogP contribution >= 0.6 is 0 Å². The van der Waals surface area contributed by atoms with E-state index in [-0.39, 0.29) is 5.92 Å². The highest BCUT2D eigenvalue weighted by atomic mass is 16.3. The van der Waals surface area contributed by atoms with E-state index in [0.29, 0.717) is 12.3 Å². The lowest BCUT2D eigenvalue weighted by Gasteiger charge is -2.15. The molecule has 3 aromatic rings. The monoisotopic (exact) mass is 320 g/mol. The van der Waals surface area contributed by atoms with Crippen molar-refractivity contribution in [3.05, 3.63) is 66.2 Å². The van der Waals surface area contributed by atoms with Gasteiger partial charge in [-0.15, -0.1) is 0 Å². The summed E-state index contributed by atoms with van der Waals surface area (Å²) < 4.78 is 0. The maximum atomic E-state index is 9.93. The zero-order valence-corrected chi connectivity index (χ0v) is 13.8. The van der Waals surface area contributed by atoms with E-state index in [4.69, 9.17) is 0 Å². The van der Waals surface area contributed by atoms with Gasteiger partial charge in [-0.25, -0.2) is 9.97 Å². The number of aromatic hydroxyl groups is 1. The number of aryl methyl sites for hydroxylation is 1. The summed E-state index contributed by atoms with van der Waals surface area (Å²) in [6.07, 6.45) is 3.36. The molecule has 0 saturated carbocycles. The second-order valence-electron chi connectivity index (χ2n) is 5.82. The van der Waals surface area contributed by atoms with Gasteiger partial charge in [-0.05, 0) is 30.7 Å². The summed E-state index contributed by atoms with van der Waals surface area (Å²) in [6.45, 7) is 4.69. The molecule has 5 nitrogen and oxygen atoms in total. The first kappa shape index (κ1) is 15.9. The van der Waals surface area contributed by atoms with Crippen LogP contribution in [0.5, 0.6) is 5.75 Å². The molecular weight excluding hydrogens is 300 g/mol. The van der Waals surface area contributed by atoms with Gasteiger partial charge in [0.15, 0.2) is 0 Å². The molecule has 1 aromatic carbocycles. The van der Waals surface area contributed by atoms with E-state index in [0.717, 1.165) is 28.3 Å². The van der Waals surface area contributed by atoms with Crippen molar-refractivity contribution >= 4 is 5.82 Å². The molecule has 2 heterocycles. The highest BCUT2D eigenvalue weighted by molar-refractivity contribution is 5.61. The SMILES string of the molecule is Cc1ccc(-c2cc(NCC(C)c3ccccc3O)ncn2)cn1. The number of hydrogen-bond donors (Lipinski definition) is 2. The van der Waals surface area contributed by atoms with Crippen LogP contribution in [0.3, 0.4) is 0 Å². The fraction of sp³-hybridized carbons (Fsp3) is 0.211. The van der Waals surface area contributed by atoms with Gasteiger partial charge >= 0.3 is 0 Å². The van der Waals surface area contributed by atoms with E-state index in [9.17, 15) is 5.11 Å². The number of phenols is 1. The standard InChI is InChI=1S/C19H20N4O/c1-13(16-5-3-4-6-18(16)24)10-21-19-9-17(22-12-23-19)15-8-7-14(2)20-11-15/h3-9,11-13,24H,10H2,1-2H3,(H,21,22,23). The summed E-state index contributed by atoms with van der Waals surface area (Å²) in [4.78, 5) is 12.9. The molecule has 2 aromatic heterocycles. The lowest BCUT2D eigenvalue weighted by Crippen LogP contribution is -2.11. The number of pyridine rings is 1. The van der Waals surface area contributed by atoms with E-state index in [1.54, 1.807) is 12.4 Å². The third-order valence-corrected chi connectivity index (χ3v) is 3.93. The van der Waals surface area contributed by atoms with Crippen LogP contribution < -0.4 is 5.32 Å². The average molecular weight is 320 g/mol. The lowest BCUT2D eigenvalue weighted by molar-refractivity contribution is 0.464. The van der Waals surface area contributed by atoms with E-state index in [2.05, 4.69) is 27.2 Å². The molecule has 122 valence electrons. The second-order valence-corrected chi connectivity index (χ2v) is 5.82. The Bertz CT molecular complexity index is 818. The number of nitrogens with one attached hydrogen (secondary N) is 1. The highest BCUT2D eigenvalue weighted by Gasteiger charge is 2.10. The molecule has 0 fully saturated rings. The minimum Gasteiger partial charge on any atom is -0.508 e. The molecule has 0 bridgehead atoms. The lowest BCUT2D eigenvalue weighted by atomic mass is 10.0. The zero-order chi connectivity index (χ0) is 16.9. The number of nitrogens with zero attached hydrogens (tertiary/aromatic N) is 3. The van der Waals surface area contributed by atoms with Gasteiger partial charge in [0, 0.05) is 36.0 Å². The summed E-state index contributed by atoms with van der Waals surface area (Å²) in [5.41, 5.74) is 3.68. The average Bonchev–Trinajstić information content (AvgIpc) is 2.61. The van der Waals surface area contributed by atoms with E-state index in [1.807, 2.05) is 49.5 Å². The van der Waals surface area contributed by atoms with Gasteiger partial charge in [0.2, 0.25) is 0 Å². The van der Waals surface area contributed by atoms with Crippen molar-refractivity contribution in [2.24, 2.45) is 0 Å². The fourth-order valence-electron chi connectivity index (χ4n) is 2.50. The van der Waals surface area contributed by atoms with Crippen molar-refractivity contribution in [1.29, 1.82) is 0 Å². The number of phenolic OH excluding ortho intramolecular Hbond substituents is 1. The maximum absolute atomic E-state index is 9.93. The number of aromatic nitrogens is 3. The van der Waals surface area contributed by atoms with Crippen LogP contribution in [-0.4, -0.2) is 26.6 Å². The molecule has 0 amide bonds. The summed E-state index contributed by atoms with van der Waals surface area (Å²) in [5, 5.41) is 13.2. The van der Waals surface area contributed by atoms with Gasteiger partial charge in [-0.3, -0.25) is 4.98 Å². The molecule has 2 N–H and O–H groups in total. The molecule has 0 spiro atoms. The summed E-state index contributed by atoms with van der Waals surface area (Å²) in [6, 6.07) is 13.3. The number of rotatable bonds is 5. The Morgan fingerprint density at radius 1 is 1.08 bits per heavy atom. The van der Waals surface area contributed by atoms with Gasteiger partial charge in [0.25, 0.3) is 0 Å². The van der Waals surface area contributed by atoms with Crippen LogP contribution in [0.4, 0.5) is 5.82 Å². The van der Waals surface area contributed by atoms with Gasteiger partial charge in [-0.2, -0.15) is 0 Å². The van der Waals surface area contributed by atoms with Crippen LogP contribution in [0.15, 0.2) is 55.0 Å². The van der Waals surface area contributed by atoms with Gasteiger partial charge in [-0.1, -0.05) is 25.1 Å². The molecule has 24 heavy (non-hydrogen) atoms. The number of benzene rings is 1. The first-order valence-corrected chi connectivity index (χ1v) is 7.90. The Morgan fingerprint density at radius 2 is 1.92 bits per heavy atom. The van der Waals surface area contributed by atoms with Gasteiger partial charge < -0.3 is 10.4 Å². The van der Waals surface area contributed by atoms with Crippen molar-refractivity contribution < 1.29 is 5.11 Å². The van der Waals surface area contributed by atoms with Crippen molar-refractivity contribution in [2.45, 2.75) is 19.8 Å². The number of anilines is 1. The van der Waals surface area contributed by atoms with Crippen LogP contribution in [-0.2, 0) is 0 Å². The van der Waals surface area contributed by atoms with Gasteiger partial charge in [0.05, 0.1) is 5.69 Å². The Kier molecular flexibility index (Phi) is 4.70. The van der Waals surface area contributed by atoms with Crippen LogP contribution in [0, 0.1) is 6.92 Å². The van der Waals surface area contributed by atoms with Crippen LogP contribution in [0.1, 0.15) is 24.1 Å². The summed E-state index contributed by atoms with van der Waals surface area (Å²) >= 11 is 0. The maximum Gasteiger partial charge on any atom is 0.129 e. The predicted octanol–water partition coefficient (Wildman–Crippen LogP) is 3.77. The highest BCUT2D eigenvalue weighted by Crippen LogP contribution is 2.25. The number of hydrogen-bond acceptors (Lipinski definition) is 5. The molecule has 1 unspecified atom stereocenters. The Balaban J connectivity index is 1.71. The Hall–Kier alpha value is -2.95. The smallest absolute Gasteiger partial charge is 0.129 e. The molecule has 0 saturated heterocycles. The minimum atomic E-state index is 0.158. The summed E-state index contributed by atoms with van der Waals surface area (Å²) in [5.74, 6) is 1.23. The van der Waals surface area contributed by atoms with Crippen LogP contribution in [0.2, 0.25) is 0 Å². The van der Waals surface area contributed by atoms with Crippen molar-refractivity contribution in [3.8, 4) is 17.0 Å². The molecule has 0 radical (unpaired) electrons. The first-order valence-electron chi connectivity index (χ1n) is 7.90.